The first-order valence-electron chi connectivity index (χ1n) is 10.5. The number of benzene rings is 1. The van der Waals surface area contributed by atoms with E-state index < -0.39 is 0 Å². The predicted octanol–water partition coefficient (Wildman–Crippen LogP) is 4.53. The van der Waals surface area contributed by atoms with Crippen LogP contribution in [0.2, 0.25) is 5.02 Å². The van der Waals surface area contributed by atoms with Gasteiger partial charge in [-0.25, -0.2) is 4.98 Å². The summed E-state index contributed by atoms with van der Waals surface area (Å²) in [6.07, 6.45) is 5.04. The summed E-state index contributed by atoms with van der Waals surface area (Å²) < 4.78 is 0. The minimum atomic E-state index is 0.607. The highest BCUT2D eigenvalue weighted by Crippen LogP contribution is 2.28. The van der Waals surface area contributed by atoms with Gasteiger partial charge in [0.1, 0.15) is 5.82 Å². The summed E-state index contributed by atoms with van der Waals surface area (Å²) in [5.74, 6) is 1.98. The number of rotatable bonds is 4. The number of hydrogen-bond acceptors (Lipinski definition) is 5. The van der Waals surface area contributed by atoms with Gasteiger partial charge in [0.25, 0.3) is 0 Å². The molecule has 2 aromatic rings. The molecular weight excluding hydrogens is 370 g/mol. The molecule has 2 aliphatic heterocycles. The Morgan fingerprint density at radius 1 is 1.00 bits per heavy atom. The van der Waals surface area contributed by atoms with Crippen molar-refractivity contribution in [1.29, 1.82) is 0 Å². The molecule has 1 aromatic heterocycles. The highest BCUT2D eigenvalue weighted by Gasteiger charge is 2.25. The lowest BCUT2D eigenvalue weighted by Crippen LogP contribution is -2.47. The third-order valence-corrected chi connectivity index (χ3v) is 6.19. The van der Waals surface area contributed by atoms with Gasteiger partial charge in [-0.15, -0.1) is 0 Å². The summed E-state index contributed by atoms with van der Waals surface area (Å²) in [4.78, 5) is 17.0. The topological polar surface area (TPSA) is 35.5 Å². The Kier molecular flexibility index (Phi) is 5.90. The van der Waals surface area contributed by atoms with Crippen LogP contribution in [0.15, 0.2) is 30.3 Å². The molecule has 0 bridgehead atoms. The van der Waals surface area contributed by atoms with Crippen LogP contribution in [-0.2, 0) is 0 Å². The minimum Gasteiger partial charge on any atom is -0.368 e. The number of halogens is 1. The summed E-state index contributed by atoms with van der Waals surface area (Å²) in [7, 11) is 0. The summed E-state index contributed by atoms with van der Waals surface area (Å²) in [6.45, 7) is 9.23. The Morgan fingerprint density at radius 3 is 2.54 bits per heavy atom. The third kappa shape index (κ3) is 4.19. The molecule has 2 saturated heterocycles. The SMILES string of the molecule is CCC1CCCCN1c1cc(C)nc(N2CCN(c3cccc(Cl)c3)CC2)n1. The largest absolute Gasteiger partial charge is 0.368 e. The molecule has 2 fully saturated rings. The van der Waals surface area contributed by atoms with Gasteiger partial charge in [0.05, 0.1) is 0 Å². The number of nitrogens with zero attached hydrogens (tertiary/aromatic N) is 5. The van der Waals surface area contributed by atoms with Gasteiger partial charge in [-0.05, 0) is 50.8 Å². The first kappa shape index (κ1) is 19.3. The average Bonchev–Trinajstić information content (AvgIpc) is 2.73. The number of aryl methyl sites for hydroxylation is 1. The van der Waals surface area contributed by atoms with Gasteiger partial charge < -0.3 is 14.7 Å². The van der Waals surface area contributed by atoms with Crippen LogP contribution in [0.3, 0.4) is 0 Å². The molecule has 5 nitrogen and oxygen atoms in total. The van der Waals surface area contributed by atoms with Crippen molar-refractivity contribution in [3.05, 3.63) is 41.0 Å². The van der Waals surface area contributed by atoms with Gasteiger partial charge in [0.2, 0.25) is 5.95 Å². The van der Waals surface area contributed by atoms with E-state index in [4.69, 9.17) is 21.6 Å². The number of piperazine rings is 1. The van der Waals surface area contributed by atoms with E-state index in [1.54, 1.807) is 0 Å². The highest BCUT2D eigenvalue weighted by atomic mass is 35.5. The van der Waals surface area contributed by atoms with Gasteiger partial charge in [-0.3, -0.25) is 0 Å². The molecule has 6 heteroatoms. The number of hydrogen-bond donors (Lipinski definition) is 0. The standard InChI is InChI=1S/C22H30ClN5/c1-3-19-8-4-5-10-28(19)21-15-17(2)24-22(25-21)27-13-11-26(12-14-27)20-9-6-7-18(23)16-20/h6-7,9,15-16,19H,3-5,8,10-14H2,1-2H3. The van der Waals surface area contributed by atoms with Crippen molar-refractivity contribution in [2.75, 3.05) is 47.4 Å². The molecule has 0 saturated carbocycles. The Morgan fingerprint density at radius 2 is 1.79 bits per heavy atom. The first-order chi connectivity index (χ1) is 13.6. The van der Waals surface area contributed by atoms with Crippen molar-refractivity contribution in [1.82, 2.24) is 9.97 Å². The summed E-state index contributed by atoms with van der Waals surface area (Å²) in [6, 6.07) is 10.9. The van der Waals surface area contributed by atoms with Gasteiger partial charge in [0.15, 0.2) is 0 Å². The van der Waals surface area contributed by atoms with Crippen LogP contribution in [0.1, 0.15) is 38.3 Å². The second-order valence-corrected chi connectivity index (χ2v) is 8.31. The number of anilines is 3. The second-order valence-electron chi connectivity index (χ2n) is 7.87. The highest BCUT2D eigenvalue weighted by molar-refractivity contribution is 6.30. The van der Waals surface area contributed by atoms with Crippen LogP contribution in [0.5, 0.6) is 0 Å². The first-order valence-corrected chi connectivity index (χ1v) is 10.9. The fourth-order valence-corrected chi connectivity index (χ4v) is 4.57. The van der Waals surface area contributed by atoms with Crippen molar-refractivity contribution in [3.63, 3.8) is 0 Å². The molecule has 4 rings (SSSR count). The van der Waals surface area contributed by atoms with E-state index in [1.165, 1.54) is 31.4 Å². The maximum absolute atomic E-state index is 6.16. The molecule has 0 N–H and O–H groups in total. The summed E-state index contributed by atoms with van der Waals surface area (Å²) >= 11 is 6.16. The maximum Gasteiger partial charge on any atom is 0.227 e. The molecule has 0 aliphatic carbocycles. The molecule has 150 valence electrons. The number of piperidine rings is 1. The molecular formula is C22H30ClN5. The lowest BCUT2D eigenvalue weighted by molar-refractivity contribution is 0.446. The van der Waals surface area contributed by atoms with E-state index in [2.05, 4.69) is 40.7 Å². The van der Waals surface area contributed by atoms with Crippen LogP contribution in [0.25, 0.3) is 0 Å². The van der Waals surface area contributed by atoms with Crippen molar-refractivity contribution < 1.29 is 0 Å². The van der Waals surface area contributed by atoms with E-state index in [-0.39, 0.29) is 0 Å². The Labute approximate surface area is 173 Å². The monoisotopic (exact) mass is 399 g/mol. The average molecular weight is 400 g/mol. The van der Waals surface area contributed by atoms with Crippen molar-refractivity contribution in [2.45, 2.75) is 45.6 Å². The zero-order valence-electron chi connectivity index (χ0n) is 16.9. The van der Waals surface area contributed by atoms with Gasteiger partial charge in [-0.1, -0.05) is 24.6 Å². The quantitative estimate of drug-likeness (QED) is 0.754. The normalized spacial score (nSPS) is 20.5. The van der Waals surface area contributed by atoms with Crippen LogP contribution in [-0.4, -0.2) is 48.7 Å². The Hall–Kier alpha value is -2.01. The number of aromatic nitrogens is 2. The molecule has 28 heavy (non-hydrogen) atoms. The lowest BCUT2D eigenvalue weighted by Gasteiger charge is -2.38. The molecule has 1 unspecified atom stereocenters. The van der Waals surface area contributed by atoms with Crippen LogP contribution in [0.4, 0.5) is 17.5 Å². The zero-order chi connectivity index (χ0) is 19.5. The van der Waals surface area contributed by atoms with Crippen molar-refractivity contribution in [2.24, 2.45) is 0 Å². The lowest BCUT2D eigenvalue weighted by atomic mass is 10.00. The molecule has 1 aromatic carbocycles. The van der Waals surface area contributed by atoms with Crippen LogP contribution in [0, 0.1) is 6.92 Å². The van der Waals surface area contributed by atoms with Gasteiger partial charge in [0, 0.05) is 61.2 Å². The van der Waals surface area contributed by atoms with E-state index in [9.17, 15) is 0 Å². The third-order valence-electron chi connectivity index (χ3n) is 5.96. The van der Waals surface area contributed by atoms with Crippen LogP contribution >= 0.6 is 11.6 Å². The molecule has 0 radical (unpaired) electrons. The zero-order valence-corrected chi connectivity index (χ0v) is 17.7. The van der Waals surface area contributed by atoms with E-state index in [1.807, 2.05) is 18.2 Å². The minimum absolute atomic E-state index is 0.607. The van der Waals surface area contributed by atoms with Gasteiger partial charge in [-0.2, -0.15) is 4.98 Å². The van der Waals surface area contributed by atoms with Crippen molar-refractivity contribution in [3.8, 4) is 0 Å². The molecule has 3 heterocycles. The molecule has 0 spiro atoms. The Bertz CT molecular complexity index is 803. The maximum atomic E-state index is 6.16. The van der Waals surface area contributed by atoms with Gasteiger partial charge >= 0.3 is 0 Å². The molecule has 2 aliphatic rings. The smallest absolute Gasteiger partial charge is 0.227 e. The van der Waals surface area contributed by atoms with E-state index >= 15 is 0 Å². The fourth-order valence-electron chi connectivity index (χ4n) is 4.39. The predicted molar refractivity (Wildman–Crippen MR) is 118 cm³/mol. The second kappa shape index (κ2) is 8.56. The molecule has 1 atom stereocenters. The van der Waals surface area contributed by atoms with Crippen molar-refractivity contribution >= 4 is 29.1 Å². The molecule has 0 amide bonds. The van der Waals surface area contributed by atoms with E-state index in [0.29, 0.717) is 6.04 Å². The summed E-state index contributed by atoms with van der Waals surface area (Å²) in [5.41, 5.74) is 2.25. The Balaban J connectivity index is 1.48. The fraction of sp³-hybridized carbons (Fsp3) is 0.545. The summed E-state index contributed by atoms with van der Waals surface area (Å²) in [5, 5.41) is 0.790. The van der Waals surface area contributed by atoms with Crippen LogP contribution < -0.4 is 14.7 Å². The van der Waals surface area contributed by atoms with E-state index in [0.717, 1.165) is 55.2 Å².